The third-order valence-electron chi connectivity index (χ3n) is 2.01. The second kappa shape index (κ2) is 5.03. The second-order valence-corrected chi connectivity index (χ2v) is 3.48. The minimum Gasteiger partial charge on any atom is -0.298 e. The number of aryl methyl sites for hydroxylation is 1. The second-order valence-electron chi connectivity index (χ2n) is 3.08. The molecule has 0 aliphatic heterocycles. The highest BCUT2D eigenvalue weighted by Crippen LogP contribution is 2.16. The van der Waals surface area contributed by atoms with Gasteiger partial charge in [0.1, 0.15) is 0 Å². The summed E-state index contributed by atoms with van der Waals surface area (Å²) in [5, 5.41) is 0.537. The molecule has 13 heavy (non-hydrogen) atoms. The van der Waals surface area contributed by atoms with E-state index in [0.29, 0.717) is 10.6 Å². The maximum Gasteiger partial charge on any atom is 0.151 e. The predicted octanol–water partition coefficient (Wildman–Crippen LogP) is 3.50. The molecule has 70 valence electrons. The van der Waals surface area contributed by atoms with E-state index in [9.17, 15) is 4.79 Å². The minimum absolute atomic E-state index is 0.537. The van der Waals surface area contributed by atoms with E-state index < -0.39 is 0 Å². The van der Waals surface area contributed by atoms with Gasteiger partial charge in [-0.2, -0.15) is 0 Å². The Bertz CT molecular complexity index is 294. The smallest absolute Gasteiger partial charge is 0.151 e. The lowest BCUT2D eigenvalue weighted by atomic mass is 10.1. The van der Waals surface area contributed by atoms with Gasteiger partial charge in [-0.15, -0.1) is 0 Å². The van der Waals surface area contributed by atoms with Crippen LogP contribution in [0.3, 0.4) is 0 Å². The normalized spacial score (nSPS) is 10.0. The van der Waals surface area contributed by atoms with Crippen LogP contribution >= 0.6 is 11.6 Å². The molecule has 1 aromatic carbocycles. The number of benzene rings is 1. The average Bonchev–Trinajstić information content (AvgIpc) is 2.16. The summed E-state index contributed by atoms with van der Waals surface area (Å²) < 4.78 is 0. The van der Waals surface area contributed by atoms with Crippen molar-refractivity contribution >= 4 is 17.9 Å². The van der Waals surface area contributed by atoms with Crippen molar-refractivity contribution in [1.82, 2.24) is 0 Å². The van der Waals surface area contributed by atoms with E-state index in [0.717, 1.165) is 19.1 Å². The molecule has 0 N–H and O–H groups in total. The Morgan fingerprint density at radius 1 is 1.46 bits per heavy atom. The highest BCUT2D eigenvalue weighted by molar-refractivity contribution is 6.32. The Morgan fingerprint density at radius 2 is 2.23 bits per heavy atom. The molecule has 0 bridgehead atoms. The highest BCUT2D eigenvalue weighted by Gasteiger charge is 2.00. The fraction of sp³-hybridized carbons (Fsp3) is 0.364. The van der Waals surface area contributed by atoms with Gasteiger partial charge < -0.3 is 0 Å². The maximum atomic E-state index is 10.6. The summed E-state index contributed by atoms with van der Waals surface area (Å²) in [5.41, 5.74) is 1.78. The molecule has 0 saturated heterocycles. The summed E-state index contributed by atoms with van der Waals surface area (Å²) >= 11 is 5.80. The zero-order chi connectivity index (χ0) is 9.68. The first kappa shape index (κ1) is 10.3. The van der Waals surface area contributed by atoms with Crippen molar-refractivity contribution < 1.29 is 4.79 Å². The molecule has 1 nitrogen and oxygen atoms in total. The van der Waals surface area contributed by atoms with Gasteiger partial charge in [0.25, 0.3) is 0 Å². The van der Waals surface area contributed by atoms with E-state index in [2.05, 4.69) is 6.92 Å². The molecule has 1 aromatic rings. The molecular formula is C11H13ClO. The first-order valence-electron chi connectivity index (χ1n) is 4.51. The monoisotopic (exact) mass is 196 g/mol. The summed E-state index contributed by atoms with van der Waals surface area (Å²) in [6.07, 6.45) is 4.14. The fourth-order valence-corrected chi connectivity index (χ4v) is 1.38. The van der Waals surface area contributed by atoms with Crippen LogP contribution in [-0.4, -0.2) is 6.29 Å². The Labute approximate surface area is 83.7 Å². The van der Waals surface area contributed by atoms with Crippen LogP contribution in [0.4, 0.5) is 0 Å². The lowest BCUT2D eigenvalue weighted by Gasteiger charge is -2.01. The number of carbonyl (C=O) groups excluding carboxylic acids is 1. The Balaban J connectivity index is 2.80. The Hall–Kier alpha value is -0.820. The molecule has 0 aromatic heterocycles. The summed E-state index contributed by atoms with van der Waals surface area (Å²) in [6, 6.07) is 5.63. The van der Waals surface area contributed by atoms with Crippen LogP contribution in [0, 0.1) is 0 Å². The van der Waals surface area contributed by atoms with Gasteiger partial charge in [-0.25, -0.2) is 0 Å². The Kier molecular flexibility index (Phi) is 3.97. The first-order chi connectivity index (χ1) is 6.27. The van der Waals surface area contributed by atoms with Crippen molar-refractivity contribution in [2.75, 3.05) is 0 Å². The largest absolute Gasteiger partial charge is 0.298 e. The zero-order valence-electron chi connectivity index (χ0n) is 7.72. The van der Waals surface area contributed by atoms with Gasteiger partial charge in [-0.1, -0.05) is 31.0 Å². The number of halogens is 1. The predicted molar refractivity (Wildman–Crippen MR) is 55.5 cm³/mol. The third-order valence-corrected chi connectivity index (χ3v) is 2.35. The molecule has 0 amide bonds. The van der Waals surface area contributed by atoms with E-state index in [1.54, 1.807) is 6.07 Å². The highest BCUT2D eigenvalue weighted by atomic mass is 35.5. The maximum absolute atomic E-state index is 10.6. The van der Waals surface area contributed by atoms with Crippen LogP contribution in [0.1, 0.15) is 35.7 Å². The summed E-state index contributed by atoms with van der Waals surface area (Å²) in [5.74, 6) is 0. The average molecular weight is 197 g/mol. The van der Waals surface area contributed by atoms with E-state index in [1.807, 2.05) is 12.1 Å². The summed E-state index contributed by atoms with van der Waals surface area (Å²) in [4.78, 5) is 10.6. The van der Waals surface area contributed by atoms with Crippen LogP contribution < -0.4 is 0 Å². The summed E-state index contributed by atoms with van der Waals surface area (Å²) in [7, 11) is 0. The van der Waals surface area contributed by atoms with Crippen LogP contribution in [0.15, 0.2) is 18.2 Å². The molecule has 1 rings (SSSR count). The van der Waals surface area contributed by atoms with Crippen molar-refractivity contribution in [2.24, 2.45) is 0 Å². The number of carbonyl (C=O) groups is 1. The van der Waals surface area contributed by atoms with Gasteiger partial charge in [0, 0.05) is 5.56 Å². The fourth-order valence-electron chi connectivity index (χ4n) is 1.22. The minimum atomic E-state index is 0.537. The van der Waals surface area contributed by atoms with Crippen molar-refractivity contribution in [3.05, 3.63) is 34.3 Å². The molecule has 0 unspecified atom stereocenters. The Morgan fingerprint density at radius 3 is 2.85 bits per heavy atom. The molecule has 0 atom stereocenters. The molecule has 0 fully saturated rings. The summed E-state index contributed by atoms with van der Waals surface area (Å²) in [6.45, 7) is 2.15. The SMILES string of the molecule is CCCCc1ccc(Cl)c(C=O)c1. The molecule has 0 aliphatic rings. The molecule has 0 aliphatic carbocycles. The number of rotatable bonds is 4. The van der Waals surface area contributed by atoms with E-state index >= 15 is 0 Å². The van der Waals surface area contributed by atoms with E-state index in [1.165, 1.54) is 12.0 Å². The number of hydrogen-bond acceptors (Lipinski definition) is 1. The van der Waals surface area contributed by atoms with Gasteiger partial charge in [-0.3, -0.25) is 4.79 Å². The van der Waals surface area contributed by atoms with Crippen molar-refractivity contribution in [3.63, 3.8) is 0 Å². The van der Waals surface area contributed by atoms with Crippen LogP contribution in [0.25, 0.3) is 0 Å². The standard InChI is InChI=1S/C11H13ClO/c1-2-3-4-9-5-6-11(12)10(7-9)8-13/h5-8H,2-4H2,1H3. The number of hydrogen-bond donors (Lipinski definition) is 0. The van der Waals surface area contributed by atoms with E-state index in [4.69, 9.17) is 11.6 Å². The van der Waals surface area contributed by atoms with Gasteiger partial charge >= 0.3 is 0 Å². The zero-order valence-corrected chi connectivity index (χ0v) is 8.47. The van der Waals surface area contributed by atoms with Crippen LogP contribution in [-0.2, 0) is 6.42 Å². The van der Waals surface area contributed by atoms with Gasteiger partial charge in [0.15, 0.2) is 6.29 Å². The third kappa shape index (κ3) is 2.85. The van der Waals surface area contributed by atoms with Crippen LogP contribution in [0.5, 0.6) is 0 Å². The van der Waals surface area contributed by atoms with Crippen molar-refractivity contribution in [3.8, 4) is 0 Å². The molecule has 0 radical (unpaired) electrons. The number of aldehydes is 1. The molecule has 0 saturated carbocycles. The lowest BCUT2D eigenvalue weighted by molar-refractivity contribution is 0.112. The molecule has 2 heteroatoms. The lowest BCUT2D eigenvalue weighted by Crippen LogP contribution is -1.88. The van der Waals surface area contributed by atoms with Gasteiger partial charge in [-0.05, 0) is 30.5 Å². The van der Waals surface area contributed by atoms with Crippen molar-refractivity contribution in [2.45, 2.75) is 26.2 Å². The van der Waals surface area contributed by atoms with Gasteiger partial charge in [0.2, 0.25) is 0 Å². The molecule has 0 heterocycles. The van der Waals surface area contributed by atoms with E-state index in [-0.39, 0.29) is 0 Å². The quantitative estimate of drug-likeness (QED) is 0.674. The topological polar surface area (TPSA) is 17.1 Å². The molecular weight excluding hydrogens is 184 g/mol. The van der Waals surface area contributed by atoms with Gasteiger partial charge in [0.05, 0.1) is 5.02 Å². The number of unbranched alkanes of at least 4 members (excludes halogenated alkanes) is 1. The van der Waals surface area contributed by atoms with Crippen LogP contribution in [0.2, 0.25) is 5.02 Å². The van der Waals surface area contributed by atoms with Crippen molar-refractivity contribution in [1.29, 1.82) is 0 Å². The molecule has 0 spiro atoms. The first-order valence-corrected chi connectivity index (χ1v) is 4.89.